The van der Waals surface area contributed by atoms with Gasteiger partial charge in [-0.3, -0.25) is 4.79 Å². The highest BCUT2D eigenvalue weighted by Crippen LogP contribution is 2.28. The molecule has 2 N–H and O–H groups in total. The number of aromatic nitrogens is 2. The molecule has 31 heavy (non-hydrogen) atoms. The molecule has 0 aliphatic rings. The lowest BCUT2D eigenvalue weighted by molar-refractivity contribution is -0.116. The second kappa shape index (κ2) is 10.0. The largest absolute Gasteiger partial charge is 0.325 e. The fourth-order valence-electron chi connectivity index (χ4n) is 2.86. The van der Waals surface area contributed by atoms with Crippen molar-refractivity contribution in [3.63, 3.8) is 0 Å². The zero-order chi connectivity index (χ0) is 22.4. The van der Waals surface area contributed by atoms with E-state index in [-0.39, 0.29) is 35.8 Å². The van der Waals surface area contributed by atoms with Gasteiger partial charge in [0.05, 0.1) is 16.8 Å². The lowest BCUT2D eigenvalue weighted by Crippen LogP contribution is -2.25. The van der Waals surface area contributed by atoms with Gasteiger partial charge in [-0.1, -0.05) is 30.3 Å². The van der Waals surface area contributed by atoms with Gasteiger partial charge in [0.15, 0.2) is 5.16 Å². The molecule has 0 atom stereocenters. The minimum absolute atomic E-state index is 0.0546. The van der Waals surface area contributed by atoms with E-state index in [2.05, 4.69) is 21.6 Å². The quantitative estimate of drug-likeness (QED) is 0.352. The molecule has 0 spiro atoms. The van der Waals surface area contributed by atoms with Crippen LogP contribution in [0.2, 0.25) is 0 Å². The van der Waals surface area contributed by atoms with E-state index in [1.807, 2.05) is 0 Å². The molecule has 3 aromatic rings. The number of amides is 1. The van der Waals surface area contributed by atoms with E-state index in [1.54, 1.807) is 48.5 Å². The van der Waals surface area contributed by atoms with E-state index in [4.69, 9.17) is 0 Å². The van der Waals surface area contributed by atoms with Crippen molar-refractivity contribution in [3.8, 4) is 0 Å². The van der Waals surface area contributed by atoms with Crippen LogP contribution in [-0.2, 0) is 27.1 Å². The number of thioether (sulfide) groups is 1. The van der Waals surface area contributed by atoms with Gasteiger partial charge in [-0.2, -0.15) is 8.78 Å². The highest BCUT2D eigenvalue weighted by Gasteiger charge is 2.18. The van der Waals surface area contributed by atoms with Crippen molar-refractivity contribution < 1.29 is 22.0 Å². The number of hydrogen-bond donors (Lipinski definition) is 2. The number of rotatable bonds is 10. The van der Waals surface area contributed by atoms with Crippen LogP contribution in [0.5, 0.6) is 0 Å². The topological polar surface area (TPSA) is 93.1 Å². The molecule has 0 aliphatic carbocycles. The fourth-order valence-corrected chi connectivity index (χ4v) is 4.57. The molecule has 0 fully saturated rings. The molecular formula is C20H20F2N4O3S2. The maximum Gasteiger partial charge on any atom is 0.291 e. The Bertz CT molecular complexity index is 1180. The number of nitrogens with zero attached hydrogens (tertiary/aromatic N) is 2. The first-order valence-corrected chi connectivity index (χ1v) is 11.7. The van der Waals surface area contributed by atoms with Crippen LogP contribution in [0.3, 0.4) is 0 Å². The number of nitrogens with one attached hydrogen (secondary N) is 2. The molecule has 7 nitrogen and oxygen atoms in total. The van der Waals surface area contributed by atoms with Crippen molar-refractivity contribution in [2.75, 3.05) is 11.9 Å². The number of hydrogen-bond acceptors (Lipinski definition) is 5. The Balaban J connectivity index is 1.69. The molecule has 0 radical (unpaired) electrons. The van der Waals surface area contributed by atoms with Gasteiger partial charge in [0.25, 0.3) is 5.76 Å². The summed E-state index contributed by atoms with van der Waals surface area (Å²) >= 11 is 0.281. The van der Waals surface area contributed by atoms with Crippen molar-refractivity contribution in [1.82, 2.24) is 14.3 Å². The maximum atomic E-state index is 12.9. The molecule has 0 saturated heterocycles. The summed E-state index contributed by atoms with van der Waals surface area (Å²) in [5.41, 5.74) is 2.10. The van der Waals surface area contributed by atoms with Gasteiger partial charge >= 0.3 is 0 Å². The summed E-state index contributed by atoms with van der Waals surface area (Å²) < 4.78 is 53.5. The summed E-state index contributed by atoms with van der Waals surface area (Å²) in [6.07, 6.45) is 1.45. The summed E-state index contributed by atoms with van der Waals surface area (Å²) in [5, 5.41) is 2.74. The first-order valence-electron chi connectivity index (χ1n) is 9.14. The third-order valence-corrected chi connectivity index (χ3v) is 6.18. The second-order valence-corrected chi connectivity index (χ2v) is 9.25. The molecule has 1 heterocycles. The van der Waals surface area contributed by atoms with Crippen LogP contribution in [-0.4, -0.2) is 36.2 Å². The van der Waals surface area contributed by atoms with Gasteiger partial charge in [0, 0.05) is 12.2 Å². The molecule has 0 bridgehead atoms. The van der Waals surface area contributed by atoms with Gasteiger partial charge < -0.3 is 9.88 Å². The summed E-state index contributed by atoms with van der Waals surface area (Å²) in [5.74, 6) is -3.29. The number of benzene rings is 2. The van der Waals surface area contributed by atoms with Crippen LogP contribution < -0.4 is 10.0 Å². The predicted molar refractivity (Wildman–Crippen MR) is 117 cm³/mol. The maximum absolute atomic E-state index is 12.9. The van der Waals surface area contributed by atoms with Crippen molar-refractivity contribution in [2.24, 2.45) is 0 Å². The molecule has 0 saturated carbocycles. The van der Waals surface area contributed by atoms with Crippen LogP contribution in [0, 0.1) is 0 Å². The first kappa shape index (κ1) is 22.9. The van der Waals surface area contributed by atoms with Gasteiger partial charge in [0.2, 0.25) is 15.9 Å². The summed E-state index contributed by atoms with van der Waals surface area (Å²) in [7, 11) is -3.48. The van der Waals surface area contributed by atoms with Gasteiger partial charge in [-0.05, 0) is 41.6 Å². The third kappa shape index (κ3) is 6.36. The molecule has 1 amide bonds. The average Bonchev–Trinajstić information content (AvgIpc) is 3.04. The van der Waals surface area contributed by atoms with E-state index in [1.165, 1.54) is 10.6 Å². The molecular weight excluding hydrogens is 446 g/mol. The number of fused-ring (bicyclic) bond motifs is 1. The van der Waals surface area contributed by atoms with Crippen molar-refractivity contribution in [2.45, 2.75) is 23.2 Å². The van der Waals surface area contributed by atoms with Crippen molar-refractivity contribution in [1.29, 1.82) is 0 Å². The molecule has 0 unspecified atom stereocenters. The standard InChI is InChI=1S/C20H20F2N4O3S2/c1-2-11-23-31(28,29)13-14-7-9-15(10-8-14)24-18(27)12-26-17-6-4-3-5-16(17)25-20(26)30-19(21)22/h2-10,19,23H,1,11-13H2,(H,24,27). The number of carbonyl (C=O) groups is 1. The monoisotopic (exact) mass is 466 g/mol. The van der Waals surface area contributed by atoms with Crippen LogP contribution in [0.25, 0.3) is 11.0 Å². The highest BCUT2D eigenvalue weighted by molar-refractivity contribution is 7.99. The van der Waals surface area contributed by atoms with E-state index in [9.17, 15) is 22.0 Å². The number of carbonyl (C=O) groups excluding carboxylic acids is 1. The predicted octanol–water partition coefficient (Wildman–Crippen LogP) is 3.60. The Labute approximate surface area is 182 Å². The van der Waals surface area contributed by atoms with Crippen LogP contribution >= 0.6 is 11.8 Å². The highest BCUT2D eigenvalue weighted by atomic mass is 32.2. The number of anilines is 1. The van der Waals surface area contributed by atoms with Crippen LogP contribution in [0.4, 0.5) is 14.5 Å². The third-order valence-electron chi connectivity index (χ3n) is 4.16. The Hall–Kier alpha value is -2.76. The van der Waals surface area contributed by atoms with E-state index in [0.29, 0.717) is 22.3 Å². The Kier molecular flexibility index (Phi) is 7.42. The molecule has 11 heteroatoms. The lowest BCUT2D eigenvalue weighted by atomic mass is 10.2. The van der Waals surface area contributed by atoms with Gasteiger partial charge in [-0.15, -0.1) is 6.58 Å². The zero-order valence-electron chi connectivity index (χ0n) is 16.3. The van der Waals surface area contributed by atoms with Gasteiger partial charge in [-0.25, -0.2) is 18.1 Å². The number of halogens is 2. The number of para-hydroxylation sites is 2. The number of sulfonamides is 1. The Morgan fingerprint density at radius 3 is 2.58 bits per heavy atom. The molecule has 164 valence electrons. The molecule has 1 aromatic heterocycles. The van der Waals surface area contributed by atoms with Crippen LogP contribution in [0.1, 0.15) is 5.56 Å². The molecule has 0 aliphatic heterocycles. The minimum atomic E-state index is -3.48. The number of alkyl halides is 2. The van der Waals surface area contributed by atoms with Crippen LogP contribution in [0.15, 0.2) is 66.3 Å². The minimum Gasteiger partial charge on any atom is -0.325 e. The zero-order valence-corrected chi connectivity index (χ0v) is 17.9. The lowest BCUT2D eigenvalue weighted by Gasteiger charge is -2.10. The van der Waals surface area contributed by atoms with E-state index < -0.39 is 21.7 Å². The summed E-state index contributed by atoms with van der Waals surface area (Å²) in [4.78, 5) is 16.7. The summed E-state index contributed by atoms with van der Waals surface area (Å²) in [6.45, 7) is 3.41. The van der Waals surface area contributed by atoms with E-state index >= 15 is 0 Å². The number of imidazole rings is 1. The molecule has 2 aromatic carbocycles. The Morgan fingerprint density at radius 1 is 1.19 bits per heavy atom. The Morgan fingerprint density at radius 2 is 1.90 bits per heavy atom. The normalized spacial score (nSPS) is 11.7. The van der Waals surface area contributed by atoms with Crippen molar-refractivity contribution in [3.05, 3.63) is 66.7 Å². The van der Waals surface area contributed by atoms with Gasteiger partial charge in [0.1, 0.15) is 6.54 Å². The smallest absolute Gasteiger partial charge is 0.291 e. The SMILES string of the molecule is C=CCNS(=O)(=O)Cc1ccc(NC(=O)Cn2c(SC(F)F)nc3ccccc32)cc1. The molecule has 3 rings (SSSR count). The summed E-state index contributed by atoms with van der Waals surface area (Å²) in [6, 6.07) is 13.2. The van der Waals surface area contributed by atoms with Crippen molar-refractivity contribution >= 4 is 44.4 Å². The average molecular weight is 467 g/mol. The first-order chi connectivity index (χ1) is 14.8. The fraction of sp³-hybridized carbons (Fsp3) is 0.200. The van der Waals surface area contributed by atoms with E-state index in [0.717, 1.165) is 0 Å². The second-order valence-electron chi connectivity index (χ2n) is 6.49.